The Bertz CT molecular complexity index is 567. The zero-order chi connectivity index (χ0) is 13.5. The number of carbonyl (C=O) groups is 1. The second kappa shape index (κ2) is 4.49. The average molecular weight is 257 g/mol. The van der Waals surface area contributed by atoms with Gasteiger partial charge in [-0.1, -0.05) is 6.08 Å². The molecule has 1 aromatic heterocycles. The van der Waals surface area contributed by atoms with Gasteiger partial charge in [0, 0.05) is 6.54 Å². The summed E-state index contributed by atoms with van der Waals surface area (Å²) in [6.45, 7) is 3.02. The van der Waals surface area contributed by atoms with Gasteiger partial charge in [-0.05, 0) is 62.6 Å². The van der Waals surface area contributed by atoms with E-state index in [-0.39, 0.29) is 11.3 Å². The second-order valence-electron chi connectivity index (χ2n) is 5.50. The first-order chi connectivity index (χ1) is 9.12. The summed E-state index contributed by atoms with van der Waals surface area (Å²) < 4.78 is 5.36. The molecule has 0 spiro atoms. The van der Waals surface area contributed by atoms with Crippen LogP contribution in [0.2, 0.25) is 0 Å². The standard InChI is InChI=1S/C16H19NO2/c1-12-13(6-10-19-12)3-7-16-8-4-15(18)11-14(16)5-9-17(16)2/h4,6,8,10-11H,3,5,7,9H2,1-2H3/t16-/m1/s1. The molecule has 0 unspecified atom stereocenters. The molecule has 3 nitrogen and oxygen atoms in total. The third-order valence-electron chi connectivity index (χ3n) is 4.54. The van der Waals surface area contributed by atoms with Gasteiger partial charge in [0.1, 0.15) is 5.76 Å². The zero-order valence-corrected chi connectivity index (χ0v) is 11.5. The molecular formula is C16H19NO2. The highest BCUT2D eigenvalue weighted by Gasteiger charge is 2.42. The molecule has 19 heavy (non-hydrogen) atoms. The van der Waals surface area contributed by atoms with Gasteiger partial charge >= 0.3 is 0 Å². The predicted octanol–water partition coefficient (Wildman–Crippen LogP) is 2.66. The molecular weight excluding hydrogens is 238 g/mol. The highest BCUT2D eigenvalue weighted by molar-refractivity contribution is 6.01. The van der Waals surface area contributed by atoms with Crippen LogP contribution in [0.3, 0.4) is 0 Å². The van der Waals surface area contributed by atoms with Crippen LogP contribution < -0.4 is 0 Å². The molecule has 0 N–H and O–H groups in total. The summed E-state index contributed by atoms with van der Waals surface area (Å²) >= 11 is 0. The molecule has 3 heteroatoms. The first-order valence-corrected chi connectivity index (χ1v) is 6.80. The normalized spacial score (nSPS) is 26.6. The van der Waals surface area contributed by atoms with E-state index in [1.165, 1.54) is 11.1 Å². The van der Waals surface area contributed by atoms with Gasteiger partial charge in [-0.3, -0.25) is 9.69 Å². The zero-order valence-electron chi connectivity index (χ0n) is 11.5. The van der Waals surface area contributed by atoms with Crippen molar-refractivity contribution in [1.29, 1.82) is 0 Å². The Morgan fingerprint density at radius 3 is 3.05 bits per heavy atom. The molecule has 0 saturated carbocycles. The van der Waals surface area contributed by atoms with Gasteiger partial charge in [0.05, 0.1) is 11.8 Å². The molecule has 1 aliphatic carbocycles. The number of nitrogens with zero attached hydrogens (tertiary/aromatic N) is 1. The van der Waals surface area contributed by atoms with Crippen LogP contribution in [0.25, 0.3) is 0 Å². The van der Waals surface area contributed by atoms with Gasteiger partial charge in [-0.2, -0.15) is 0 Å². The molecule has 0 amide bonds. The molecule has 2 aliphatic rings. The van der Waals surface area contributed by atoms with Crippen LogP contribution in [0.15, 0.2) is 40.5 Å². The van der Waals surface area contributed by atoms with Crippen LogP contribution in [0.1, 0.15) is 24.2 Å². The quantitative estimate of drug-likeness (QED) is 0.834. The molecule has 1 aromatic rings. The fourth-order valence-corrected chi connectivity index (χ4v) is 3.25. The van der Waals surface area contributed by atoms with E-state index in [0.717, 1.165) is 31.6 Å². The predicted molar refractivity (Wildman–Crippen MR) is 74.0 cm³/mol. The Morgan fingerprint density at radius 2 is 2.32 bits per heavy atom. The van der Waals surface area contributed by atoms with Gasteiger partial charge < -0.3 is 4.42 Å². The Hall–Kier alpha value is -1.61. The van der Waals surface area contributed by atoms with E-state index >= 15 is 0 Å². The Morgan fingerprint density at radius 1 is 1.47 bits per heavy atom. The van der Waals surface area contributed by atoms with Crippen LogP contribution >= 0.6 is 0 Å². The fourth-order valence-electron chi connectivity index (χ4n) is 3.25. The minimum absolute atomic E-state index is 0.0579. The minimum Gasteiger partial charge on any atom is -0.469 e. The van der Waals surface area contributed by atoms with Crippen molar-refractivity contribution < 1.29 is 9.21 Å². The van der Waals surface area contributed by atoms with Crippen LogP contribution in [0.4, 0.5) is 0 Å². The molecule has 1 atom stereocenters. The van der Waals surface area contributed by atoms with Crippen molar-refractivity contribution in [2.24, 2.45) is 0 Å². The van der Waals surface area contributed by atoms with E-state index in [0.29, 0.717) is 0 Å². The topological polar surface area (TPSA) is 33.5 Å². The number of likely N-dealkylation sites (tertiary alicyclic amines) is 1. The summed E-state index contributed by atoms with van der Waals surface area (Å²) in [6.07, 6.45) is 10.4. The maximum atomic E-state index is 11.5. The lowest BCUT2D eigenvalue weighted by molar-refractivity contribution is -0.110. The van der Waals surface area contributed by atoms with Crippen molar-refractivity contribution in [1.82, 2.24) is 4.90 Å². The van der Waals surface area contributed by atoms with Gasteiger partial charge in [-0.15, -0.1) is 0 Å². The summed E-state index contributed by atoms with van der Waals surface area (Å²) in [4.78, 5) is 13.9. The van der Waals surface area contributed by atoms with Crippen molar-refractivity contribution >= 4 is 5.78 Å². The number of hydrogen-bond donors (Lipinski definition) is 0. The third-order valence-corrected chi connectivity index (χ3v) is 4.54. The molecule has 3 rings (SSSR count). The number of ketones is 1. The van der Waals surface area contributed by atoms with Crippen LogP contribution in [0.5, 0.6) is 0 Å². The van der Waals surface area contributed by atoms with E-state index in [9.17, 15) is 4.79 Å². The lowest BCUT2D eigenvalue weighted by atomic mass is 9.81. The highest BCUT2D eigenvalue weighted by Crippen LogP contribution is 2.40. The summed E-state index contributed by atoms with van der Waals surface area (Å²) in [7, 11) is 2.14. The van der Waals surface area contributed by atoms with E-state index in [2.05, 4.69) is 18.0 Å². The van der Waals surface area contributed by atoms with Crippen molar-refractivity contribution in [2.45, 2.75) is 31.7 Å². The van der Waals surface area contributed by atoms with Gasteiger partial charge in [-0.25, -0.2) is 0 Å². The number of allylic oxidation sites excluding steroid dienone is 2. The molecule has 1 saturated heterocycles. The van der Waals surface area contributed by atoms with Crippen LogP contribution in [-0.4, -0.2) is 29.8 Å². The second-order valence-corrected chi connectivity index (χ2v) is 5.50. The fraction of sp³-hybridized carbons (Fsp3) is 0.438. The number of rotatable bonds is 3. The lowest BCUT2D eigenvalue weighted by Crippen LogP contribution is -2.42. The van der Waals surface area contributed by atoms with E-state index < -0.39 is 0 Å². The summed E-state index contributed by atoms with van der Waals surface area (Å²) in [5.41, 5.74) is 2.47. The first-order valence-electron chi connectivity index (χ1n) is 6.80. The summed E-state index contributed by atoms with van der Waals surface area (Å²) in [5, 5.41) is 0. The number of fused-ring (bicyclic) bond motifs is 1. The molecule has 0 aromatic carbocycles. The van der Waals surface area contributed by atoms with E-state index in [4.69, 9.17) is 4.42 Å². The molecule has 2 heterocycles. The van der Waals surface area contributed by atoms with Crippen molar-refractivity contribution in [3.63, 3.8) is 0 Å². The van der Waals surface area contributed by atoms with Gasteiger partial charge in [0.2, 0.25) is 0 Å². The Balaban J connectivity index is 1.85. The largest absolute Gasteiger partial charge is 0.469 e. The molecule has 100 valence electrons. The smallest absolute Gasteiger partial charge is 0.178 e. The molecule has 1 aliphatic heterocycles. The number of carbonyl (C=O) groups excluding carboxylic acids is 1. The number of likely N-dealkylation sites (N-methyl/N-ethyl adjacent to an activating group) is 1. The Kier molecular flexibility index (Phi) is 2.94. The lowest BCUT2D eigenvalue weighted by Gasteiger charge is -2.36. The SMILES string of the molecule is Cc1occc1CC[C@@]12C=CC(=O)C=C1CCN2C. The maximum absolute atomic E-state index is 11.5. The molecule has 0 radical (unpaired) electrons. The van der Waals surface area contributed by atoms with Gasteiger partial charge in [0.25, 0.3) is 0 Å². The van der Waals surface area contributed by atoms with Crippen LogP contribution in [0, 0.1) is 6.92 Å². The van der Waals surface area contributed by atoms with Crippen molar-refractivity contribution in [3.8, 4) is 0 Å². The first kappa shape index (κ1) is 12.4. The van der Waals surface area contributed by atoms with Crippen LogP contribution in [-0.2, 0) is 11.2 Å². The Labute approximate surface area is 113 Å². The number of furan rings is 1. The van der Waals surface area contributed by atoms with E-state index in [1.807, 2.05) is 19.1 Å². The van der Waals surface area contributed by atoms with Gasteiger partial charge in [0.15, 0.2) is 5.78 Å². The summed E-state index contributed by atoms with van der Waals surface area (Å²) in [6, 6.07) is 2.04. The number of hydrogen-bond acceptors (Lipinski definition) is 3. The van der Waals surface area contributed by atoms with E-state index in [1.54, 1.807) is 12.3 Å². The van der Waals surface area contributed by atoms with Crippen molar-refractivity contribution in [2.75, 3.05) is 13.6 Å². The third kappa shape index (κ3) is 1.98. The molecule has 1 fully saturated rings. The number of aryl methyl sites for hydroxylation is 2. The average Bonchev–Trinajstić information content (AvgIpc) is 2.93. The molecule has 0 bridgehead atoms. The van der Waals surface area contributed by atoms with Crippen molar-refractivity contribution in [3.05, 3.63) is 47.5 Å². The minimum atomic E-state index is -0.0579. The maximum Gasteiger partial charge on any atom is 0.178 e. The summed E-state index contributed by atoms with van der Waals surface area (Å²) in [5.74, 6) is 1.12. The monoisotopic (exact) mass is 257 g/mol. The highest BCUT2D eigenvalue weighted by atomic mass is 16.3.